The van der Waals surface area contributed by atoms with Crippen LogP contribution >= 0.6 is 27.5 Å². The predicted octanol–water partition coefficient (Wildman–Crippen LogP) is 1.67. The number of carbonyl (C=O) groups excluding carboxylic acids is 2. The molecule has 138 valence electrons. The molecule has 0 aromatic heterocycles. The molecule has 1 aliphatic rings. The molecule has 25 heavy (non-hydrogen) atoms. The van der Waals surface area contributed by atoms with Crippen molar-refractivity contribution in [2.45, 2.75) is 12.5 Å². The zero-order valence-corrected chi connectivity index (χ0v) is 16.6. The van der Waals surface area contributed by atoms with E-state index in [4.69, 9.17) is 21.1 Å². The molecule has 7 nitrogen and oxygen atoms in total. The SMILES string of the molecule is CN(C(=O)COC(=O)COc1ccc(Cl)cc1Br)C1CCS(=O)(=O)C1. The van der Waals surface area contributed by atoms with Crippen molar-refractivity contribution >= 4 is 49.2 Å². The van der Waals surface area contributed by atoms with Crippen molar-refractivity contribution < 1.29 is 27.5 Å². The van der Waals surface area contributed by atoms with Crippen LogP contribution in [0.1, 0.15) is 6.42 Å². The minimum Gasteiger partial charge on any atom is -0.481 e. The van der Waals surface area contributed by atoms with Gasteiger partial charge in [0.15, 0.2) is 23.1 Å². The normalized spacial score (nSPS) is 18.6. The summed E-state index contributed by atoms with van der Waals surface area (Å²) in [6.07, 6.45) is 0.395. The van der Waals surface area contributed by atoms with Crippen molar-refractivity contribution in [3.63, 3.8) is 0 Å². The molecule has 1 fully saturated rings. The van der Waals surface area contributed by atoms with Crippen molar-refractivity contribution in [1.29, 1.82) is 0 Å². The Labute approximate surface area is 159 Å². The van der Waals surface area contributed by atoms with Gasteiger partial charge in [-0.3, -0.25) is 4.79 Å². The number of nitrogens with zero attached hydrogens (tertiary/aromatic N) is 1. The Hall–Kier alpha value is -1.32. The fourth-order valence-electron chi connectivity index (χ4n) is 2.30. The Morgan fingerprint density at radius 2 is 2.08 bits per heavy atom. The van der Waals surface area contributed by atoms with Gasteiger partial charge in [0.05, 0.1) is 16.0 Å². The number of ether oxygens (including phenoxy) is 2. The van der Waals surface area contributed by atoms with Crippen LogP contribution in [0.3, 0.4) is 0 Å². The minimum absolute atomic E-state index is 0.0586. The number of benzene rings is 1. The average Bonchev–Trinajstić information content (AvgIpc) is 2.91. The highest BCUT2D eigenvalue weighted by atomic mass is 79.9. The minimum atomic E-state index is -3.09. The van der Waals surface area contributed by atoms with Crippen molar-refractivity contribution in [3.05, 3.63) is 27.7 Å². The lowest BCUT2D eigenvalue weighted by atomic mass is 10.2. The van der Waals surface area contributed by atoms with Gasteiger partial charge in [-0.15, -0.1) is 0 Å². The zero-order valence-electron chi connectivity index (χ0n) is 13.4. The molecule has 1 aromatic carbocycles. The highest BCUT2D eigenvalue weighted by Crippen LogP contribution is 2.27. The van der Waals surface area contributed by atoms with E-state index in [0.29, 0.717) is 21.7 Å². The van der Waals surface area contributed by atoms with Crippen LogP contribution in [0.15, 0.2) is 22.7 Å². The Balaban J connectivity index is 1.76. The molecule has 1 unspecified atom stereocenters. The molecule has 1 amide bonds. The summed E-state index contributed by atoms with van der Waals surface area (Å²) in [5, 5.41) is 0.518. The molecule has 1 saturated heterocycles. The van der Waals surface area contributed by atoms with Gasteiger partial charge in [-0.05, 0) is 40.5 Å². The largest absolute Gasteiger partial charge is 0.481 e. The average molecular weight is 455 g/mol. The van der Waals surface area contributed by atoms with Gasteiger partial charge in [0, 0.05) is 18.1 Å². The highest BCUT2D eigenvalue weighted by Gasteiger charge is 2.32. The molecule has 0 spiro atoms. The van der Waals surface area contributed by atoms with Crippen LogP contribution < -0.4 is 4.74 Å². The third kappa shape index (κ3) is 5.86. The first-order valence-corrected chi connectivity index (χ1v) is 10.4. The van der Waals surface area contributed by atoms with Crippen LogP contribution in [0.2, 0.25) is 5.02 Å². The van der Waals surface area contributed by atoms with E-state index in [2.05, 4.69) is 15.9 Å². The quantitative estimate of drug-likeness (QED) is 0.608. The lowest BCUT2D eigenvalue weighted by Crippen LogP contribution is -2.40. The van der Waals surface area contributed by atoms with Gasteiger partial charge in [-0.1, -0.05) is 11.6 Å². The summed E-state index contributed by atoms with van der Waals surface area (Å²) in [5.74, 6) is -0.734. The number of sulfone groups is 1. The summed E-state index contributed by atoms with van der Waals surface area (Å²) in [7, 11) is -1.58. The second-order valence-corrected chi connectivity index (χ2v) is 9.11. The van der Waals surface area contributed by atoms with Gasteiger partial charge >= 0.3 is 5.97 Å². The standard InChI is InChI=1S/C15H17BrClNO6S/c1-18(11-4-5-25(21,22)9-11)14(19)7-24-15(20)8-23-13-3-2-10(17)6-12(13)16/h2-3,6,11H,4-5,7-9H2,1H3. The summed E-state index contributed by atoms with van der Waals surface area (Å²) < 4.78 is 33.7. The molecule has 10 heteroatoms. The van der Waals surface area contributed by atoms with Crippen molar-refractivity contribution in [1.82, 2.24) is 4.90 Å². The number of amides is 1. The zero-order chi connectivity index (χ0) is 18.6. The Morgan fingerprint density at radius 1 is 1.36 bits per heavy atom. The molecule has 0 N–H and O–H groups in total. The first kappa shape index (κ1) is 20.0. The summed E-state index contributed by atoms with van der Waals surface area (Å²) in [5.41, 5.74) is 0. The van der Waals surface area contributed by atoms with Crippen LogP contribution in [0.5, 0.6) is 5.75 Å². The van der Waals surface area contributed by atoms with Gasteiger partial charge in [0.1, 0.15) is 5.75 Å². The maximum absolute atomic E-state index is 12.0. The van der Waals surface area contributed by atoms with Gasteiger partial charge in [-0.2, -0.15) is 0 Å². The first-order chi connectivity index (χ1) is 11.7. The summed E-state index contributed by atoms with van der Waals surface area (Å²) in [6.45, 7) is -0.827. The van der Waals surface area contributed by atoms with E-state index in [1.165, 1.54) is 11.9 Å². The molecule has 0 bridgehead atoms. The van der Waals surface area contributed by atoms with Crippen molar-refractivity contribution in [2.24, 2.45) is 0 Å². The molecule has 0 aliphatic carbocycles. The molecule has 1 aromatic rings. The fraction of sp³-hybridized carbons (Fsp3) is 0.467. The fourth-order valence-corrected chi connectivity index (χ4v) is 4.87. The number of carbonyl (C=O) groups is 2. The monoisotopic (exact) mass is 453 g/mol. The Morgan fingerprint density at radius 3 is 2.68 bits per heavy atom. The van der Waals surface area contributed by atoms with Crippen LogP contribution in [0.25, 0.3) is 0 Å². The van der Waals surface area contributed by atoms with Gasteiger partial charge in [0.25, 0.3) is 5.91 Å². The Bertz CT molecular complexity index is 769. The summed E-state index contributed by atoms with van der Waals surface area (Å²) in [6, 6.07) is 4.45. The van der Waals surface area contributed by atoms with Gasteiger partial charge in [-0.25, -0.2) is 13.2 Å². The summed E-state index contributed by atoms with van der Waals surface area (Å²) >= 11 is 9.06. The predicted molar refractivity (Wildman–Crippen MR) is 95.4 cm³/mol. The molecular weight excluding hydrogens is 438 g/mol. The number of hydrogen-bond acceptors (Lipinski definition) is 6. The number of esters is 1. The maximum Gasteiger partial charge on any atom is 0.344 e. The van der Waals surface area contributed by atoms with Crippen LogP contribution in [-0.2, 0) is 24.2 Å². The smallest absolute Gasteiger partial charge is 0.344 e. The number of likely N-dealkylation sites (N-methyl/N-ethyl adjacent to an activating group) is 1. The highest BCUT2D eigenvalue weighted by molar-refractivity contribution is 9.10. The number of halogens is 2. The first-order valence-electron chi connectivity index (χ1n) is 7.37. The third-order valence-corrected chi connectivity index (χ3v) is 6.35. The third-order valence-electron chi connectivity index (χ3n) is 3.75. The van der Waals surface area contributed by atoms with E-state index in [9.17, 15) is 18.0 Å². The molecule has 1 atom stereocenters. The van der Waals surface area contributed by atoms with E-state index in [0.717, 1.165) is 0 Å². The summed E-state index contributed by atoms with van der Waals surface area (Å²) in [4.78, 5) is 25.0. The van der Waals surface area contributed by atoms with E-state index >= 15 is 0 Å². The van der Waals surface area contributed by atoms with Crippen LogP contribution in [-0.4, -0.2) is 63.0 Å². The van der Waals surface area contributed by atoms with Crippen LogP contribution in [0, 0.1) is 0 Å². The van der Waals surface area contributed by atoms with E-state index in [1.54, 1.807) is 18.2 Å². The van der Waals surface area contributed by atoms with E-state index in [1.807, 2.05) is 0 Å². The van der Waals surface area contributed by atoms with Crippen molar-refractivity contribution in [3.8, 4) is 5.75 Å². The molecular formula is C15H17BrClNO6S. The van der Waals surface area contributed by atoms with Gasteiger partial charge in [0.2, 0.25) is 0 Å². The second-order valence-electron chi connectivity index (χ2n) is 5.59. The second kappa shape index (κ2) is 8.37. The Kier molecular flexibility index (Phi) is 6.70. The van der Waals surface area contributed by atoms with E-state index in [-0.39, 0.29) is 24.2 Å². The molecule has 1 aliphatic heterocycles. The topological polar surface area (TPSA) is 90.0 Å². The maximum atomic E-state index is 12.0. The van der Waals surface area contributed by atoms with E-state index < -0.39 is 28.3 Å². The molecule has 0 radical (unpaired) electrons. The molecule has 2 rings (SSSR count). The van der Waals surface area contributed by atoms with Gasteiger partial charge < -0.3 is 14.4 Å². The molecule has 0 saturated carbocycles. The lowest BCUT2D eigenvalue weighted by molar-refractivity contribution is -0.153. The van der Waals surface area contributed by atoms with Crippen LogP contribution in [0.4, 0.5) is 0 Å². The number of hydrogen-bond donors (Lipinski definition) is 0. The lowest BCUT2D eigenvalue weighted by Gasteiger charge is -2.23. The molecule has 1 heterocycles. The van der Waals surface area contributed by atoms with Crippen molar-refractivity contribution in [2.75, 3.05) is 31.8 Å². The number of rotatable bonds is 6.